The molecule has 0 N–H and O–H groups in total. The number of rotatable bonds is 9. The Morgan fingerprint density at radius 3 is 2.17 bits per heavy atom. The Labute approximate surface area is 137 Å². The number of carbonyl (C=O) groups is 2. The first-order valence-corrected chi connectivity index (χ1v) is 7.68. The van der Waals surface area contributed by atoms with E-state index in [1.54, 1.807) is 18.7 Å². The Kier molecular flexibility index (Phi) is 8.48. The van der Waals surface area contributed by atoms with Crippen LogP contribution in [0.2, 0.25) is 0 Å². The van der Waals surface area contributed by atoms with Crippen molar-refractivity contribution >= 4 is 11.9 Å². The van der Waals surface area contributed by atoms with Crippen molar-refractivity contribution in [3.8, 4) is 12.3 Å². The number of carbonyl (C=O) groups excluding carboxylic acids is 2. The fraction of sp³-hybridized carbons (Fsp3) is 0.444. The van der Waals surface area contributed by atoms with E-state index in [2.05, 4.69) is 5.92 Å². The van der Waals surface area contributed by atoms with Gasteiger partial charge in [0.25, 0.3) is 0 Å². The highest BCUT2D eigenvalue weighted by molar-refractivity contribution is 5.99. The Bertz CT molecular complexity index is 518. The normalized spacial score (nSPS) is 10.4. The summed E-state index contributed by atoms with van der Waals surface area (Å²) in [4.78, 5) is 26.2. The fourth-order valence-corrected chi connectivity index (χ4v) is 2.16. The van der Waals surface area contributed by atoms with Crippen LogP contribution in [0.1, 0.15) is 25.8 Å². The summed E-state index contributed by atoms with van der Waals surface area (Å²) in [6.07, 6.45) is 5.75. The third-order valence-corrected chi connectivity index (χ3v) is 3.16. The van der Waals surface area contributed by atoms with Crippen LogP contribution in [-0.4, -0.2) is 42.6 Å². The van der Waals surface area contributed by atoms with Gasteiger partial charge < -0.3 is 9.47 Å². The molecule has 0 aliphatic heterocycles. The maximum atomic E-state index is 12.2. The van der Waals surface area contributed by atoms with Crippen LogP contribution >= 0.6 is 0 Å². The van der Waals surface area contributed by atoms with E-state index in [4.69, 9.17) is 15.9 Å². The van der Waals surface area contributed by atoms with E-state index in [1.165, 1.54) is 0 Å². The molecule has 23 heavy (non-hydrogen) atoms. The van der Waals surface area contributed by atoms with Crippen LogP contribution in [0, 0.1) is 12.3 Å². The summed E-state index contributed by atoms with van der Waals surface area (Å²) >= 11 is 0. The first-order valence-electron chi connectivity index (χ1n) is 7.68. The highest BCUT2D eigenvalue weighted by Gasteiger charge is 2.35. The summed E-state index contributed by atoms with van der Waals surface area (Å²) in [6, 6.07) is 8.45. The lowest BCUT2D eigenvalue weighted by Crippen LogP contribution is -2.48. The van der Waals surface area contributed by atoms with Crippen molar-refractivity contribution in [1.29, 1.82) is 0 Å². The highest BCUT2D eigenvalue weighted by Crippen LogP contribution is 2.12. The Balaban J connectivity index is 3.02. The van der Waals surface area contributed by atoms with E-state index >= 15 is 0 Å². The SMILES string of the molecule is C#CCCN(Cc1ccccc1)C(C(=O)OCC)C(=O)OCC. The van der Waals surface area contributed by atoms with E-state index in [0.717, 1.165) is 5.56 Å². The Morgan fingerprint density at radius 2 is 1.70 bits per heavy atom. The molecule has 0 aromatic heterocycles. The predicted molar refractivity (Wildman–Crippen MR) is 87.4 cm³/mol. The molecule has 1 rings (SSSR count). The largest absolute Gasteiger partial charge is 0.464 e. The lowest BCUT2D eigenvalue weighted by Gasteiger charge is -2.28. The van der Waals surface area contributed by atoms with Crippen LogP contribution in [0.3, 0.4) is 0 Å². The minimum Gasteiger partial charge on any atom is -0.464 e. The van der Waals surface area contributed by atoms with Gasteiger partial charge in [0.15, 0.2) is 0 Å². The quantitative estimate of drug-likeness (QED) is 0.396. The summed E-state index contributed by atoms with van der Waals surface area (Å²) in [5.41, 5.74) is 0.975. The number of benzene rings is 1. The molecule has 0 saturated carbocycles. The molecular formula is C18H23NO4. The zero-order chi connectivity index (χ0) is 17.1. The van der Waals surface area contributed by atoms with Crippen LogP contribution in [0.25, 0.3) is 0 Å². The third-order valence-electron chi connectivity index (χ3n) is 3.16. The van der Waals surface area contributed by atoms with Crippen LogP contribution in [0.15, 0.2) is 30.3 Å². The van der Waals surface area contributed by atoms with Crippen molar-refractivity contribution in [2.24, 2.45) is 0 Å². The van der Waals surface area contributed by atoms with Gasteiger partial charge in [0.1, 0.15) is 0 Å². The van der Waals surface area contributed by atoms with Crippen molar-refractivity contribution in [2.45, 2.75) is 32.9 Å². The van der Waals surface area contributed by atoms with Gasteiger partial charge in [-0.15, -0.1) is 12.3 Å². The van der Waals surface area contributed by atoms with E-state index in [0.29, 0.717) is 19.5 Å². The second kappa shape index (κ2) is 10.4. The molecule has 0 radical (unpaired) electrons. The molecule has 0 spiro atoms. The molecule has 0 heterocycles. The average Bonchev–Trinajstić information content (AvgIpc) is 2.54. The van der Waals surface area contributed by atoms with Gasteiger partial charge in [-0.1, -0.05) is 30.3 Å². The molecule has 0 bridgehead atoms. The first-order chi connectivity index (χ1) is 11.1. The highest BCUT2D eigenvalue weighted by atomic mass is 16.6. The van der Waals surface area contributed by atoms with Gasteiger partial charge in [-0.2, -0.15) is 0 Å². The molecular weight excluding hydrogens is 294 g/mol. The van der Waals surface area contributed by atoms with E-state index in [1.807, 2.05) is 30.3 Å². The summed E-state index contributed by atoms with van der Waals surface area (Å²) in [5, 5.41) is 0. The Hall–Kier alpha value is -2.32. The van der Waals surface area contributed by atoms with Crippen LogP contribution in [0.4, 0.5) is 0 Å². The monoisotopic (exact) mass is 317 g/mol. The number of ether oxygens (including phenoxy) is 2. The molecule has 124 valence electrons. The van der Waals surface area contributed by atoms with E-state index in [-0.39, 0.29) is 13.2 Å². The molecule has 5 nitrogen and oxygen atoms in total. The summed E-state index contributed by atoms with van der Waals surface area (Å²) < 4.78 is 10.1. The van der Waals surface area contributed by atoms with Gasteiger partial charge in [-0.25, -0.2) is 9.59 Å². The van der Waals surface area contributed by atoms with E-state index < -0.39 is 18.0 Å². The maximum Gasteiger partial charge on any atom is 0.335 e. The first kappa shape index (κ1) is 18.7. The van der Waals surface area contributed by atoms with Crippen molar-refractivity contribution in [2.75, 3.05) is 19.8 Å². The molecule has 0 fully saturated rings. The van der Waals surface area contributed by atoms with Crippen LogP contribution in [-0.2, 0) is 25.6 Å². The van der Waals surface area contributed by atoms with Crippen LogP contribution in [0.5, 0.6) is 0 Å². The zero-order valence-electron chi connectivity index (χ0n) is 13.7. The molecule has 0 aliphatic rings. The summed E-state index contributed by atoms with van der Waals surface area (Å²) in [6.45, 7) is 4.59. The lowest BCUT2D eigenvalue weighted by molar-refractivity contribution is -0.164. The van der Waals surface area contributed by atoms with Gasteiger partial charge in [-0.3, -0.25) is 4.90 Å². The summed E-state index contributed by atoms with van der Waals surface area (Å²) in [5.74, 6) is 1.31. The van der Waals surface area contributed by atoms with Gasteiger partial charge >= 0.3 is 11.9 Å². The third kappa shape index (κ3) is 6.13. The number of hydrogen-bond donors (Lipinski definition) is 0. The lowest BCUT2D eigenvalue weighted by atomic mass is 10.1. The fourth-order valence-electron chi connectivity index (χ4n) is 2.16. The smallest absolute Gasteiger partial charge is 0.335 e. The summed E-state index contributed by atoms with van der Waals surface area (Å²) in [7, 11) is 0. The van der Waals surface area contributed by atoms with Crippen molar-refractivity contribution < 1.29 is 19.1 Å². The van der Waals surface area contributed by atoms with Crippen molar-refractivity contribution in [1.82, 2.24) is 4.90 Å². The Morgan fingerprint density at radius 1 is 1.13 bits per heavy atom. The minimum absolute atomic E-state index is 0.197. The number of hydrogen-bond acceptors (Lipinski definition) is 5. The number of esters is 2. The molecule has 0 amide bonds. The average molecular weight is 317 g/mol. The van der Waals surface area contributed by atoms with Gasteiger partial charge in [0, 0.05) is 19.5 Å². The minimum atomic E-state index is -1.11. The molecule has 0 saturated heterocycles. The number of terminal acetylenes is 1. The second-order valence-electron chi connectivity index (χ2n) is 4.82. The van der Waals surface area contributed by atoms with E-state index in [9.17, 15) is 9.59 Å². The van der Waals surface area contributed by atoms with Gasteiger partial charge in [-0.05, 0) is 19.4 Å². The van der Waals surface area contributed by atoms with Crippen molar-refractivity contribution in [3.63, 3.8) is 0 Å². The molecule has 0 aliphatic carbocycles. The molecule has 0 atom stereocenters. The molecule has 5 heteroatoms. The van der Waals surface area contributed by atoms with Crippen LogP contribution < -0.4 is 0 Å². The standard InChI is InChI=1S/C18H23NO4/c1-4-7-13-19(14-15-11-9-8-10-12-15)16(17(20)22-5-2)18(21)23-6-3/h1,8-12,16H,5-7,13-14H2,2-3H3. The van der Waals surface area contributed by atoms with Gasteiger partial charge in [0.05, 0.1) is 13.2 Å². The maximum absolute atomic E-state index is 12.2. The van der Waals surface area contributed by atoms with Gasteiger partial charge in [0.2, 0.25) is 6.04 Å². The number of nitrogens with zero attached hydrogens (tertiary/aromatic N) is 1. The molecule has 0 unspecified atom stereocenters. The second-order valence-corrected chi connectivity index (χ2v) is 4.82. The topological polar surface area (TPSA) is 55.8 Å². The predicted octanol–water partition coefficient (Wildman–Crippen LogP) is 2.01. The molecule has 1 aromatic carbocycles. The zero-order valence-corrected chi connectivity index (χ0v) is 13.7. The molecule has 1 aromatic rings. The van der Waals surface area contributed by atoms with Crippen molar-refractivity contribution in [3.05, 3.63) is 35.9 Å².